The summed E-state index contributed by atoms with van der Waals surface area (Å²) in [6, 6.07) is 8.86. The van der Waals surface area contributed by atoms with Gasteiger partial charge in [0, 0.05) is 0 Å². The number of halogens is 1. The predicted molar refractivity (Wildman–Crippen MR) is 79.0 cm³/mol. The van der Waals surface area contributed by atoms with Crippen molar-refractivity contribution in [3.8, 4) is 0 Å². The zero-order chi connectivity index (χ0) is 15.0. The van der Waals surface area contributed by atoms with Crippen LogP contribution in [0.3, 0.4) is 0 Å². The highest BCUT2D eigenvalue weighted by atomic mass is 35.5. The lowest BCUT2D eigenvalue weighted by atomic mass is 10.3. The standard InChI is InChI=1S/C12H9ClN4O3S/c13-10-2-1-3-11(16-10)17-21(19,20)7-4-5-8-9(6-7)15-12(18)14-8/h1-6H,(H,16,17)(H2,14,15,18). The third-order valence-electron chi connectivity index (χ3n) is 2.75. The number of nitrogens with zero attached hydrogens (tertiary/aromatic N) is 1. The van der Waals surface area contributed by atoms with Crippen molar-refractivity contribution in [3.05, 3.63) is 52.0 Å². The van der Waals surface area contributed by atoms with Gasteiger partial charge in [-0.1, -0.05) is 17.7 Å². The van der Waals surface area contributed by atoms with Crippen LogP contribution >= 0.6 is 11.6 Å². The number of aromatic nitrogens is 3. The van der Waals surface area contributed by atoms with Gasteiger partial charge in [-0.3, -0.25) is 4.72 Å². The Morgan fingerprint density at radius 1 is 1.10 bits per heavy atom. The Kier molecular flexibility index (Phi) is 3.19. The maximum atomic E-state index is 12.3. The first-order chi connectivity index (χ1) is 9.94. The summed E-state index contributed by atoms with van der Waals surface area (Å²) >= 11 is 5.71. The first-order valence-corrected chi connectivity index (χ1v) is 7.68. The van der Waals surface area contributed by atoms with Gasteiger partial charge in [-0.25, -0.2) is 18.2 Å². The molecule has 0 radical (unpaired) electrons. The number of fused-ring (bicyclic) bond motifs is 1. The number of rotatable bonds is 3. The first kappa shape index (κ1) is 13.7. The fraction of sp³-hybridized carbons (Fsp3) is 0. The van der Waals surface area contributed by atoms with E-state index in [0.717, 1.165) is 0 Å². The SMILES string of the molecule is O=c1[nH]c2ccc(S(=O)(=O)Nc3cccc(Cl)n3)cc2[nH]1. The lowest BCUT2D eigenvalue weighted by molar-refractivity contribution is 0.601. The van der Waals surface area contributed by atoms with Gasteiger partial charge >= 0.3 is 5.69 Å². The molecule has 2 aromatic heterocycles. The van der Waals surface area contributed by atoms with Crippen molar-refractivity contribution in [2.45, 2.75) is 4.90 Å². The van der Waals surface area contributed by atoms with Crippen LogP contribution in [-0.4, -0.2) is 23.4 Å². The molecule has 3 rings (SSSR count). The molecule has 0 amide bonds. The molecule has 21 heavy (non-hydrogen) atoms. The van der Waals surface area contributed by atoms with Gasteiger partial charge in [0.2, 0.25) is 0 Å². The summed E-state index contributed by atoms with van der Waals surface area (Å²) < 4.78 is 26.9. The lowest BCUT2D eigenvalue weighted by Crippen LogP contribution is -2.13. The minimum absolute atomic E-state index is 0.00651. The largest absolute Gasteiger partial charge is 0.323 e. The average Bonchev–Trinajstić information content (AvgIpc) is 2.77. The maximum absolute atomic E-state index is 12.3. The summed E-state index contributed by atoms with van der Waals surface area (Å²) in [4.78, 5) is 20.1. The molecule has 0 aliphatic heterocycles. The molecule has 9 heteroatoms. The molecule has 1 aromatic carbocycles. The summed E-state index contributed by atoms with van der Waals surface area (Å²) in [5.41, 5.74) is 0.533. The van der Waals surface area contributed by atoms with Crippen LogP contribution in [-0.2, 0) is 10.0 Å². The van der Waals surface area contributed by atoms with E-state index in [1.165, 1.54) is 30.3 Å². The highest BCUT2D eigenvalue weighted by molar-refractivity contribution is 7.92. The molecule has 2 heterocycles. The van der Waals surface area contributed by atoms with Crippen molar-refractivity contribution in [2.24, 2.45) is 0 Å². The van der Waals surface area contributed by atoms with Crippen molar-refractivity contribution in [3.63, 3.8) is 0 Å². The number of aromatic amines is 2. The Labute approximate surface area is 124 Å². The first-order valence-electron chi connectivity index (χ1n) is 5.81. The number of pyridine rings is 1. The van der Waals surface area contributed by atoms with Gasteiger partial charge in [-0.15, -0.1) is 0 Å². The Hall–Kier alpha value is -2.32. The van der Waals surface area contributed by atoms with Gasteiger partial charge in [0.05, 0.1) is 15.9 Å². The normalized spacial score (nSPS) is 11.7. The second kappa shape index (κ2) is 4.90. The van der Waals surface area contributed by atoms with Gasteiger partial charge in [-0.05, 0) is 30.3 Å². The molecular formula is C12H9ClN4O3S. The van der Waals surface area contributed by atoms with Crippen LogP contribution < -0.4 is 10.4 Å². The topological polar surface area (TPSA) is 108 Å². The summed E-state index contributed by atoms with van der Waals surface area (Å²) in [6.07, 6.45) is 0. The molecule has 0 bridgehead atoms. The van der Waals surface area contributed by atoms with E-state index in [0.29, 0.717) is 11.0 Å². The van der Waals surface area contributed by atoms with E-state index in [9.17, 15) is 13.2 Å². The monoisotopic (exact) mass is 324 g/mol. The van der Waals surface area contributed by atoms with Gasteiger partial charge in [0.25, 0.3) is 10.0 Å². The smallest absolute Gasteiger partial charge is 0.306 e. The van der Waals surface area contributed by atoms with Crippen LogP contribution in [0.1, 0.15) is 0 Å². The second-order valence-electron chi connectivity index (χ2n) is 4.24. The minimum Gasteiger partial charge on any atom is -0.306 e. The van der Waals surface area contributed by atoms with Gasteiger partial charge in [-0.2, -0.15) is 0 Å². The predicted octanol–water partition coefficient (Wildman–Crippen LogP) is 1.71. The van der Waals surface area contributed by atoms with E-state index in [1.807, 2.05) is 0 Å². The van der Waals surface area contributed by atoms with Crippen LogP contribution in [0.15, 0.2) is 46.1 Å². The number of imidazole rings is 1. The zero-order valence-electron chi connectivity index (χ0n) is 10.4. The van der Waals surface area contributed by atoms with Crippen molar-refractivity contribution in [1.29, 1.82) is 0 Å². The Balaban J connectivity index is 2.01. The number of nitrogens with one attached hydrogen (secondary N) is 3. The third-order valence-corrected chi connectivity index (χ3v) is 4.31. The van der Waals surface area contributed by atoms with Crippen LogP contribution in [0.4, 0.5) is 5.82 Å². The Morgan fingerprint density at radius 3 is 2.62 bits per heavy atom. The Morgan fingerprint density at radius 2 is 1.86 bits per heavy atom. The molecule has 108 valence electrons. The number of anilines is 1. The van der Waals surface area contributed by atoms with Crippen molar-refractivity contribution < 1.29 is 8.42 Å². The van der Waals surface area contributed by atoms with Gasteiger partial charge in [0.1, 0.15) is 11.0 Å². The molecule has 0 spiro atoms. The molecule has 0 atom stereocenters. The molecule has 7 nitrogen and oxygen atoms in total. The van der Waals surface area contributed by atoms with Crippen LogP contribution in [0, 0.1) is 0 Å². The molecule has 3 N–H and O–H groups in total. The maximum Gasteiger partial charge on any atom is 0.323 e. The minimum atomic E-state index is -3.82. The molecule has 3 aromatic rings. The number of benzene rings is 1. The number of hydrogen-bond acceptors (Lipinski definition) is 4. The van der Waals surface area contributed by atoms with E-state index in [1.54, 1.807) is 6.07 Å². The van der Waals surface area contributed by atoms with Gasteiger partial charge in [0.15, 0.2) is 0 Å². The van der Waals surface area contributed by atoms with Crippen LogP contribution in [0.2, 0.25) is 5.15 Å². The molecular weight excluding hydrogens is 316 g/mol. The average molecular weight is 325 g/mol. The molecule has 0 fully saturated rings. The fourth-order valence-electron chi connectivity index (χ4n) is 1.84. The third kappa shape index (κ3) is 2.76. The molecule has 0 saturated carbocycles. The van der Waals surface area contributed by atoms with E-state index in [4.69, 9.17) is 11.6 Å². The van der Waals surface area contributed by atoms with Gasteiger partial charge < -0.3 is 9.97 Å². The summed E-state index contributed by atoms with van der Waals surface area (Å²) in [6.45, 7) is 0. The van der Waals surface area contributed by atoms with E-state index in [2.05, 4.69) is 19.7 Å². The fourth-order valence-corrected chi connectivity index (χ4v) is 3.03. The quantitative estimate of drug-likeness (QED) is 0.637. The summed E-state index contributed by atoms with van der Waals surface area (Å²) in [7, 11) is -3.82. The molecule has 0 saturated heterocycles. The highest BCUT2D eigenvalue weighted by Crippen LogP contribution is 2.18. The van der Waals surface area contributed by atoms with Crippen molar-refractivity contribution >= 4 is 38.5 Å². The summed E-state index contributed by atoms with van der Waals surface area (Å²) in [5, 5.41) is 0.181. The summed E-state index contributed by atoms with van der Waals surface area (Å²) in [5.74, 6) is 0.116. The highest BCUT2D eigenvalue weighted by Gasteiger charge is 2.16. The van der Waals surface area contributed by atoms with Crippen LogP contribution in [0.5, 0.6) is 0 Å². The van der Waals surface area contributed by atoms with E-state index >= 15 is 0 Å². The molecule has 0 aliphatic carbocycles. The van der Waals surface area contributed by atoms with Crippen LogP contribution in [0.25, 0.3) is 11.0 Å². The zero-order valence-corrected chi connectivity index (χ0v) is 12.0. The lowest BCUT2D eigenvalue weighted by Gasteiger charge is -2.07. The molecule has 0 aliphatic rings. The van der Waals surface area contributed by atoms with Crippen molar-refractivity contribution in [2.75, 3.05) is 4.72 Å². The number of sulfonamides is 1. The Bertz CT molecular complexity index is 977. The second-order valence-corrected chi connectivity index (χ2v) is 6.31. The molecule has 0 unspecified atom stereocenters. The van der Waals surface area contributed by atoms with E-state index < -0.39 is 15.7 Å². The van der Waals surface area contributed by atoms with Crippen molar-refractivity contribution in [1.82, 2.24) is 15.0 Å². The number of hydrogen-bond donors (Lipinski definition) is 3. The number of H-pyrrole nitrogens is 2. The van der Waals surface area contributed by atoms with E-state index in [-0.39, 0.29) is 15.9 Å².